The van der Waals surface area contributed by atoms with Gasteiger partial charge in [-0.25, -0.2) is 99.3 Å². The van der Waals surface area contributed by atoms with Crippen molar-refractivity contribution in [2.45, 2.75) is 220 Å². The van der Waals surface area contributed by atoms with Crippen LogP contribution in [0.1, 0.15) is 48.5 Å². The molecular weight excluding hydrogens is 1990 g/mol. The van der Waals surface area contributed by atoms with Crippen molar-refractivity contribution >= 4 is 134 Å². The van der Waals surface area contributed by atoms with Crippen molar-refractivity contribution in [3.8, 4) is 0 Å². The molecule has 0 bridgehead atoms. The minimum atomic E-state index is -5.85. The molecule has 7 aliphatic rings. The highest BCUT2D eigenvalue weighted by Gasteiger charge is 2.58. The highest BCUT2D eigenvalue weighted by Crippen LogP contribution is 2.44. The topological polar surface area (TPSA) is 894 Å². The van der Waals surface area contributed by atoms with Gasteiger partial charge in [0, 0.05) is 35.5 Å². The third-order valence-electron chi connectivity index (χ3n) is 18.6. The van der Waals surface area contributed by atoms with E-state index in [0.29, 0.717) is 0 Å². The first-order valence-corrected chi connectivity index (χ1v) is 46.8. The molecule has 0 aromatic heterocycles. The van der Waals surface area contributed by atoms with Crippen LogP contribution in [0.2, 0.25) is 0 Å². The fourth-order valence-electron chi connectivity index (χ4n) is 13.4. The molecule has 7 aliphatic heterocycles. The van der Waals surface area contributed by atoms with Gasteiger partial charge in [-0.3, -0.25) is 9.11 Å². The van der Waals surface area contributed by atoms with Crippen LogP contribution < -0.4 is 0 Å². The fraction of sp³-hybridized carbons (Fsp3) is 1.00. The lowest BCUT2D eigenvalue weighted by Crippen LogP contribution is -2.62. The zero-order valence-corrected chi connectivity index (χ0v) is 72.6. The minimum Gasteiger partial charge on any atom is -0.748 e. The van der Waals surface area contributed by atoms with Crippen molar-refractivity contribution in [2.24, 2.45) is 35.5 Å². The van der Waals surface area contributed by atoms with E-state index >= 15 is 0 Å². The maximum Gasteiger partial charge on any atom is 0.397 e. The zero-order chi connectivity index (χ0) is 92.1. The maximum absolute atomic E-state index is 12.5. The number of hydrogen-bond donors (Lipinski definition) is 5. The van der Waals surface area contributed by atoms with Gasteiger partial charge in [0.25, 0.3) is 0 Å². The van der Waals surface area contributed by atoms with Crippen LogP contribution in [0.5, 0.6) is 0 Å². The second kappa shape index (κ2) is 52.5. The van der Waals surface area contributed by atoms with Gasteiger partial charge < -0.3 is 122 Å². The monoisotopic (exact) mass is 2060 g/mol. The third-order valence-corrected chi connectivity index (χ3v) is 21.4. The second-order valence-corrected chi connectivity index (χ2v) is 33.7. The smallest absolute Gasteiger partial charge is 0.397 e. The first-order valence-electron chi connectivity index (χ1n) is 34.0. The molecule has 0 spiro atoms. The molecular formula is C48H74O64S12-10. The van der Waals surface area contributed by atoms with Crippen molar-refractivity contribution < 1.29 is 291 Å². The van der Waals surface area contributed by atoms with Gasteiger partial charge in [-0.2, -0.15) is 16.8 Å². The summed E-state index contributed by atoms with van der Waals surface area (Å²) in [5.41, 5.74) is 0. The summed E-state index contributed by atoms with van der Waals surface area (Å²) in [5.74, 6) is -11.3. The standard InChI is InChI=1S/C48H84O64S12/c1-15-29(49)39(101-123(72,73)74)31(51)45(85-15)81-11-25-22(8-82-46-38(98-110-120(66)67)27(35(19(5)88-46)95-107-117(60)61)13-84-47-40(99-111-121(68)69)30(50)36(20(6)89-47)96-108-118(62)63)33(93-105-115(56)57)17(3)86-43(25)79-10-24-23(9-83-48-42(100-112-122(70)71)41(102-124(75,76)77)37(21(7)90-48)97-109-119(64)65)34(94-106-116(58)59)18(4)87-44(24)80-12-26-28(91-103-113(52)53)14-78-16(2)32(26)92-104-114(54)55/h15-51H,8-14H2,1-7H3,(H,52,53)(H,54,55)(H,56,57)(H,58,59)(H,60,61)(H,62,63)(H,64,65)(H,66,67)(H,68,69)(H,70,71)(H,72,73,74)(H,75,76,77)/p-10/t15?,16?,17?,18?,19?,20?,21?,22-,23-,24?,25?,26-,27+,28?,29-,30+,31?,32-,33-,34-,35-,36+,37+,38?,39+,40?,41+,42?,43-,44-,45-,46-,47-,48-/m1/s1. The Bertz CT molecular complexity index is 3760. The van der Waals surface area contributed by atoms with Crippen LogP contribution in [-0.4, -0.2) is 347 Å². The molecule has 7 fully saturated rings. The van der Waals surface area contributed by atoms with Gasteiger partial charge in [0.2, 0.25) is 0 Å². The van der Waals surface area contributed by atoms with Crippen LogP contribution in [0.3, 0.4) is 0 Å². The van der Waals surface area contributed by atoms with E-state index in [1.807, 2.05) is 0 Å². The van der Waals surface area contributed by atoms with Crippen molar-refractivity contribution in [1.29, 1.82) is 0 Å². The number of ether oxygens (including phenoxy) is 13. The van der Waals surface area contributed by atoms with Gasteiger partial charge in [0.1, 0.15) is 181 Å². The molecule has 0 aromatic rings. The Morgan fingerprint density at radius 1 is 0.266 bits per heavy atom. The molecule has 0 aliphatic carbocycles. The molecule has 7 heterocycles. The van der Waals surface area contributed by atoms with Crippen molar-refractivity contribution in [2.75, 3.05) is 46.2 Å². The SMILES string of the molecule is CC1O[C@@H](OCC2[C@H](OCC3[C@H](OC[C@@H]4C(OOS(=O)[O-])COC(C)[C@H]4OOS(=O)[O-])OC(C)[C@@H](OOS(=O)[O-])[C@@H]3CO[C@@H]3OC(C)[C@H](OOS(=O)[O-])[C@H](OS(=O)(=O)O)C3OOS(=O)[O-])OC(C)[C@@H](OOS(=O)[O-])[C@@H]2CO[C@@H]2OC(C)[C@@H](OOS(=O)[O-])[C@H](CO[C@@H]3OC(C)[C@H](OOS(=O)[O-])[C@H](O)C3OOS(=O)[O-])C2OOS(=O)[O-])C(O)[C@@H](OS(=O)(=O)O)[C@@H]1O. The molecule has 5 N–H and O–H groups in total. The van der Waals surface area contributed by atoms with Crippen LogP contribution >= 0.6 is 0 Å². The fourth-order valence-corrected chi connectivity index (χ4v) is 15.9. The lowest BCUT2D eigenvalue weighted by Gasteiger charge is -2.49. The quantitative estimate of drug-likeness (QED) is 0.0163. The highest BCUT2D eigenvalue weighted by molar-refractivity contribution is 7.81. The van der Waals surface area contributed by atoms with E-state index < -0.39 is 388 Å². The molecule has 24 unspecified atom stereocenters. The summed E-state index contributed by atoms with van der Waals surface area (Å²) in [6.07, 6.45) is -58.0. The zero-order valence-electron chi connectivity index (χ0n) is 62.8. The van der Waals surface area contributed by atoms with E-state index in [9.17, 15) is 129 Å². The van der Waals surface area contributed by atoms with Gasteiger partial charge in [-0.1, -0.05) is 0 Å². The lowest BCUT2D eigenvalue weighted by atomic mass is 9.82. The molecule has 64 nitrogen and oxygen atoms in total. The Morgan fingerprint density at radius 3 is 0.944 bits per heavy atom. The predicted octanol–water partition coefficient (Wildman–Crippen LogP) is -9.76. The summed E-state index contributed by atoms with van der Waals surface area (Å²) in [6.45, 7) is -0.0495. The molecule has 124 heavy (non-hydrogen) atoms. The van der Waals surface area contributed by atoms with Crippen molar-refractivity contribution in [3.05, 3.63) is 0 Å². The predicted molar refractivity (Wildman–Crippen MR) is 358 cm³/mol. The molecule has 44 atom stereocenters. The maximum atomic E-state index is 12.5. The molecule has 0 aromatic carbocycles. The van der Waals surface area contributed by atoms with Crippen LogP contribution in [0.4, 0.5) is 0 Å². The van der Waals surface area contributed by atoms with Gasteiger partial charge >= 0.3 is 20.8 Å². The molecule has 0 saturated carbocycles. The van der Waals surface area contributed by atoms with E-state index in [0.717, 1.165) is 41.5 Å². The van der Waals surface area contributed by atoms with E-state index in [1.165, 1.54) is 6.92 Å². The Balaban J connectivity index is 1.40. The average Bonchev–Trinajstić information content (AvgIpc) is 0.779. The molecule has 732 valence electrons. The number of rotatable bonds is 52. The molecule has 76 heteroatoms. The average molecular weight is 2060 g/mol. The number of aliphatic hydroxyl groups excluding tert-OH is 3. The minimum absolute atomic E-state index is 0.655. The third kappa shape index (κ3) is 34.3. The Morgan fingerprint density at radius 2 is 0.532 bits per heavy atom. The van der Waals surface area contributed by atoms with E-state index in [2.05, 4.69) is 47.5 Å². The first kappa shape index (κ1) is 110. The molecule has 0 amide bonds. The number of aliphatic hydroxyl groups is 3. The summed E-state index contributed by atoms with van der Waals surface area (Å²) in [7, 11) is -11.5. The summed E-state index contributed by atoms with van der Waals surface area (Å²) in [6, 6.07) is 0. The van der Waals surface area contributed by atoms with E-state index in [1.54, 1.807) is 0 Å². The summed E-state index contributed by atoms with van der Waals surface area (Å²) < 4.78 is 437. The molecule has 7 rings (SSSR count). The van der Waals surface area contributed by atoms with Gasteiger partial charge in [0.05, 0.1) is 89.0 Å². The Labute approximate surface area is 723 Å². The Kier molecular flexibility index (Phi) is 46.7. The normalized spacial score (nSPS) is 40.3. The van der Waals surface area contributed by atoms with Crippen molar-refractivity contribution in [1.82, 2.24) is 0 Å². The molecule has 7 saturated heterocycles. The number of hydrogen-bond acceptors (Lipinski definition) is 62. The second-order valence-electron chi connectivity index (χ2n) is 26.1. The summed E-state index contributed by atoms with van der Waals surface area (Å²) >= 11 is -36.3. The summed E-state index contributed by atoms with van der Waals surface area (Å²) in [4.78, 5) is 50.6. The summed E-state index contributed by atoms with van der Waals surface area (Å²) in [5, 5.41) is 33.9. The van der Waals surface area contributed by atoms with Crippen LogP contribution in [0.15, 0.2) is 0 Å². The largest absolute Gasteiger partial charge is 0.748 e. The van der Waals surface area contributed by atoms with Crippen LogP contribution in [0.25, 0.3) is 0 Å². The lowest BCUT2D eigenvalue weighted by molar-refractivity contribution is -0.413. The molecule has 0 radical (unpaired) electrons. The van der Waals surface area contributed by atoms with Gasteiger partial charge in [-0.15, -0.1) is 43.3 Å². The van der Waals surface area contributed by atoms with E-state index in [4.69, 9.17) is 115 Å². The van der Waals surface area contributed by atoms with E-state index in [-0.39, 0.29) is 0 Å². The van der Waals surface area contributed by atoms with Gasteiger partial charge in [-0.05, 0) is 48.5 Å². The van der Waals surface area contributed by atoms with Crippen LogP contribution in [-0.2, 0) is 297 Å². The van der Waals surface area contributed by atoms with Gasteiger partial charge in [0.15, 0.2) is 62.2 Å². The van der Waals surface area contributed by atoms with Crippen molar-refractivity contribution in [3.63, 3.8) is 0 Å². The first-order chi connectivity index (χ1) is 58.1. The Hall–Kier alpha value is -0.600. The van der Waals surface area contributed by atoms with Crippen LogP contribution in [0, 0.1) is 35.5 Å². The highest BCUT2D eigenvalue weighted by atomic mass is 32.3.